The number of carboxylic acid groups (broad SMARTS) is 1. The largest absolute Gasteiger partial charge is 0.481 e. The van der Waals surface area contributed by atoms with Crippen LogP contribution in [0.4, 0.5) is 0 Å². The van der Waals surface area contributed by atoms with E-state index in [0.29, 0.717) is 11.6 Å². The topological polar surface area (TPSA) is 66.6 Å². The molecular weight excluding hydrogens is 456 g/mol. The van der Waals surface area contributed by atoms with Gasteiger partial charge in [-0.25, -0.2) is 0 Å². The van der Waals surface area contributed by atoms with Crippen LogP contribution in [0.15, 0.2) is 78.9 Å². The Hall–Kier alpha value is -2.92. The molecule has 0 spiro atoms. The van der Waals surface area contributed by atoms with Crippen LogP contribution in [0.25, 0.3) is 5.57 Å². The molecule has 1 aliphatic rings. The molecule has 184 valence electrons. The molecule has 0 saturated carbocycles. The van der Waals surface area contributed by atoms with Gasteiger partial charge in [0.25, 0.3) is 0 Å². The third-order valence-corrected chi connectivity index (χ3v) is 6.50. The van der Waals surface area contributed by atoms with Crippen molar-refractivity contribution >= 4 is 23.1 Å². The number of carboxylic acids is 1. The number of fused-ring (bicyclic) bond motifs is 2. The molecular formula is C30H35ClN2O2. The summed E-state index contributed by atoms with van der Waals surface area (Å²) in [5.41, 5.74) is 13.6. The lowest BCUT2D eigenvalue weighted by Crippen LogP contribution is -2.16. The highest BCUT2D eigenvalue weighted by molar-refractivity contribution is 6.30. The second kappa shape index (κ2) is 13.2. The molecule has 4 nitrogen and oxygen atoms in total. The normalized spacial score (nSPS) is 13.1. The minimum absolute atomic E-state index is 0.0537. The van der Waals surface area contributed by atoms with Gasteiger partial charge in [-0.3, -0.25) is 4.79 Å². The fourth-order valence-electron chi connectivity index (χ4n) is 4.39. The number of hydrogen-bond donors (Lipinski definition) is 2. The lowest BCUT2D eigenvalue weighted by molar-refractivity contribution is -0.137. The lowest BCUT2D eigenvalue weighted by atomic mass is 9.93. The molecule has 0 fully saturated rings. The Morgan fingerprint density at radius 1 is 0.971 bits per heavy atom. The van der Waals surface area contributed by atoms with Crippen LogP contribution in [-0.2, 0) is 17.6 Å². The first kappa shape index (κ1) is 26.7. The molecule has 1 atom stereocenters. The molecule has 3 N–H and O–H groups in total. The van der Waals surface area contributed by atoms with E-state index in [1.807, 2.05) is 12.1 Å². The first-order chi connectivity index (χ1) is 16.9. The van der Waals surface area contributed by atoms with Crippen LogP contribution >= 0.6 is 11.6 Å². The van der Waals surface area contributed by atoms with E-state index in [4.69, 9.17) is 22.4 Å². The molecule has 3 aromatic carbocycles. The zero-order valence-corrected chi connectivity index (χ0v) is 21.3. The third-order valence-electron chi connectivity index (χ3n) is 6.25. The quantitative estimate of drug-likeness (QED) is 0.424. The van der Waals surface area contributed by atoms with Crippen molar-refractivity contribution in [1.29, 1.82) is 0 Å². The van der Waals surface area contributed by atoms with Crippen molar-refractivity contribution < 1.29 is 9.90 Å². The van der Waals surface area contributed by atoms with Crippen molar-refractivity contribution in [3.8, 4) is 0 Å². The van der Waals surface area contributed by atoms with Crippen LogP contribution in [0.5, 0.6) is 0 Å². The van der Waals surface area contributed by atoms with Crippen LogP contribution in [-0.4, -0.2) is 43.2 Å². The highest BCUT2D eigenvalue weighted by Crippen LogP contribution is 2.33. The van der Waals surface area contributed by atoms with Gasteiger partial charge in [-0.2, -0.15) is 0 Å². The number of nitrogens with two attached hydrogens (primary N) is 1. The maximum absolute atomic E-state index is 10.5. The molecule has 3 aromatic rings. The minimum atomic E-state index is -0.838. The molecule has 0 radical (unpaired) electrons. The summed E-state index contributed by atoms with van der Waals surface area (Å²) in [5.74, 6) is -0.972. The lowest BCUT2D eigenvalue weighted by Gasteiger charge is -2.13. The average Bonchev–Trinajstić information content (AvgIpc) is 3.00. The molecule has 1 unspecified atom stereocenters. The number of hydrogen-bond acceptors (Lipinski definition) is 3. The van der Waals surface area contributed by atoms with Gasteiger partial charge in [0.05, 0.1) is 6.42 Å². The monoisotopic (exact) mass is 490 g/mol. The van der Waals surface area contributed by atoms with Crippen molar-refractivity contribution in [3.05, 3.63) is 112 Å². The zero-order chi connectivity index (χ0) is 25.2. The van der Waals surface area contributed by atoms with E-state index in [1.54, 1.807) is 12.1 Å². The highest BCUT2D eigenvalue weighted by atomic mass is 35.5. The van der Waals surface area contributed by atoms with Crippen LogP contribution < -0.4 is 5.73 Å². The Balaban J connectivity index is 0.000000214. The molecule has 1 aliphatic carbocycles. The smallest absolute Gasteiger partial charge is 0.304 e. The van der Waals surface area contributed by atoms with Crippen molar-refractivity contribution in [2.75, 3.05) is 27.2 Å². The summed E-state index contributed by atoms with van der Waals surface area (Å²) in [7, 11) is 4.26. The highest BCUT2D eigenvalue weighted by Gasteiger charge is 2.17. The first-order valence-electron chi connectivity index (χ1n) is 12.1. The minimum Gasteiger partial charge on any atom is -0.481 e. The standard InChI is InChI=1S/C20H23N.C10H12ClNO2/c1-21(2)15-7-12-20-18-10-5-3-8-16(18)13-14-17-9-4-6-11-19(17)20;11-9-3-1-7(2-4-9)8(6-12)5-10(13)14/h3-6,8-12H,7,13-15H2,1-2H3;1-4,8H,5-6,12H2,(H,13,14). The SMILES string of the molecule is CN(C)CCC=C1c2ccccc2CCc2ccccc21.NCC(CC(=O)O)c1ccc(Cl)cc1. The van der Waals surface area contributed by atoms with Gasteiger partial charge in [0.2, 0.25) is 0 Å². The van der Waals surface area contributed by atoms with Gasteiger partial charge in [0.15, 0.2) is 0 Å². The van der Waals surface area contributed by atoms with Crippen molar-refractivity contribution in [2.45, 2.75) is 31.6 Å². The fraction of sp³-hybridized carbons (Fsp3) is 0.300. The Bertz CT molecular complexity index is 1090. The van der Waals surface area contributed by atoms with Crippen LogP contribution in [0.1, 0.15) is 46.6 Å². The molecule has 0 aromatic heterocycles. The van der Waals surface area contributed by atoms with Gasteiger partial charge in [-0.1, -0.05) is 78.3 Å². The maximum Gasteiger partial charge on any atom is 0.304 e. The Labute approximate surface area is 214 Å². The van der Waals surface area contributed by atoms with E-state index < -0.39 is 5.97 Å². The summed E-state index contributed by atoms with van der Waals surface area (Å²) in [6.45, 7) is 1.42. The summed E-state index contributed by atoms with van der Waals surface area (Å²) in [6, 6.07) is 24.8. The van der Waals surface area contributed by atoms with Crippen molar-refractivity contribution in [2.24, 2.45) is 5.73 Å². The number of nitrogens with zero attached hydrogens (tertiary/aromatic N) is 1. The number of carbonyl (C=O) groups is 1. The Kier molecular flexibility index (Phi) is 10.1. The molecule has 35 heavy (non-hydrogen) atoms. The zero-order valence-electron chi connectivity index (χ0n) is 20.6. The molecule has 0 bridgehead atoms. The van der Waals surface area contributed by atoms with Crippen molar-refractivity contribution in [1.82, 2.24) is 4.90 Å². The maximum atomic E-state index is 10.5. The number of halogens is 1. The summed E-state index contributed by atoms with van der Waals surface area (Å²) in [6.07, 6.45) is 5.84. The van der Waals surface area contributed by atoms with Gasteiger partial charge in [0.1, 0.15) is 0 Å². The number of aryl methyl sites for hydroxylation is 2. The summed E-state index contributed by atoms with van der Waals surface area (Å²) < 4.78 is 0. The number of aliphatic carboxylic acids is 1. The van der Waals surface area contributed by atoms with Crippen LogP contribution in [0.3, 0.4) is 0 Å². The molecule has 5 heteroatoms. The van der Waals surface area contributed by atoms with E-state index in [2.05, 4.69) is 73.6 Å². The van der Waals surface area contributed by atoms with Gasteiger partial charge in [-0.05, 0) is 85.4 Å². The average molecular weight is 491 g/mol. The molecule has 0 heterocycles. The summed E-state index contributed by atoms with van der Waals surface area (Å²) in [5, 5.41) is 9.29. The van der Waals surface area contributed by atoms with Crippen LogP contribution in [0.2, 0.25) is 5.02 Å². The van der Waals surface area contributed by atoms with E-state index in [1.165, 1.54) is 27.8 Å². The second-order valence-corrected chi connectivity index (χ2v) is 9.54. The fourth-order valence-corrected chi connectivity index (χ4v) is 4.51. The molecule has 0 amide bonds. The van der Waals surface area contributed by atoms with E-state index in [0.717, 1.165) is 31.4 Å². The summed E-state index contributed by atoms with van der Waals surface area (Å²) in [4.78, 5) is 12.8. The molecule has 0 aliphatic heterocycles. The van der Waals surface area contributed by atoms with Crippen LogP contribution in [0, 0.1) is 0 Å². The first-order valence-corrected chi connectivity index (χ1v) is 12.5. The predicted molar refractivity (Wildman–Crippen MR) is 146 cm³/mol. The predicted octanol–water partition coefficient (Wildman–Crippen LogP) is 6.03. The molecule has 0 saturated heterocycles. The van der Waals surface area contributed by atoms with E-state index >= 15 is 0 Å². The Morgan fingerprint density at radius 2 is 1.51 bits per heavy atom. The van der Waals surface area contributed by atoms with Gasteiger partial charge < -0.3 is 15.7 Å². The second-order valence-electron chi connectivity index (χ2n) is 9.11. The number of benzene rings is 3. The third kappa shape index (κ3) is 7.79. The van der Waals surface area contributed by atoms with Gasteiger partial charge in [0, 0.05) is 17.5 Å². The van der Waals surface area contributed by atoms with Crippen molar-refractivity contribution in [3.63, 3.8) is 0 Å². The van der Waals surface area contributed by atoms with Gasteiger partial charge in [-0.15, -0.1) is 0 Å². The van der Waals surface area contributed by atoms with Gasteiger partial charge >= 0.3 is 5.97 Å². The number of rotatable bonds is 7. The summed E-state index contributed by atoms with van der Waals surface area (Å²) >= 11 is 5.72. The van der Waals surface area contributed by atoms with E-state index in [9.17, 15) is 4.79 Å². The molecule has 4 rings (SSSR count). The van der Waals surface area contributed by atoms with E-state index in [-0.39, 0.29) is 12.3 Å². The Morgan fingerprint density at radius 3 is 2.00 bits per heavy atom.